The fraction of sp³-hybridized carbons (Fsp3) is 0.333. The van der Waals surface area contributed by atoms with E-state index in [1.165, 1.54) is 39.9 Å². The maximum Gasteiger partial charge on any atom is 0.251 e. The quantitative estimate of drug-likeness (QED) is 0.156. The van der Waals surface area contributed by atoms with Gasteiger partial charge in [0.05, 0.1) is 43.2 Å². The molecular weight excluding hydrogens is 661 g/mol. The Morgan fingerprint density at radius 3 is 2.51 bits per heavy atom. The summed E-state index contributed by atoms with van der Waals surface area (Å²) in [6.07, 6.45) is 0. The predicted octanol–water partition coefficient (Wildman–Crippen LogP) is 2.92. The Morgan fingerprint density at radius 1 is 1.02 bits per heavy atom. The number of nitrogens with one attached hydrogen (secondary N) is 2. The molecule has 0 aliphatic carbocycles. The van der Waals surface area contributed by atoms with Crippen LogP contribution >= 0.6 is 34.9 Å². The van der Waals surface area contributed by atoms with E-state index in [-0.39, 0.29) is 41.8 Å². The molecule has 45 heavy (non-hydrogen) atoms. The van der Waals surface area contributed by atoms with Crippen molar-refractivity contribution in [1.29, 1.82) is 0 Å². The lowest BCUT2D eigenvalue weighted by molar-refractivity contribution is -0.113. The van der Waals surface area contributed by atoms with E-state index in [2.05, 4.69) is 31.0 Å². The van der Waals surface area contributed by atoms with Gasteiger partial charge < -0.3 is 14.8 Å². The van der Waals surface area contributed by atoms with Crippen LogP contribution in [0, 0.1) is 0 Å². The molecule has 2 amide bonds. The van der Waals surface area contributed by atoms with Crippen molar-refractivity contribution in [1.82, 2.24) is 34.6 Å². The van der Waals surface area contributed by atoms with Crippen molar-refractivity contribution in [3.63, 3.8) is 0 Å². The minimum atomic E-state index is -3.68. The SMILES string of the molecule is CCSc1nnc(NC(=O)CSc2nnc(CNC(=O)c3ccc(S(=O)(=O)N4CCOCC4)cc3)n2-c2ccccc2OC)s1. The molecule has 0 spiro atoms. The minimum Gasteiger partial charge on any atom is -0.495 e. The Labute approximate surface area is 272 Å². The number of thioether (sulfide) groups is 2. The van der Waals surface area contributed by atoms with Gasteiger partial charge in [-0.05, 0) is 42.2 Å². The molecule has 3 heterocycles. The summed E-state index contributed by atoms with van der Waals surface area (Å²) in [4.78, 5) is 25.8. The van der Waals surface area contributed by atoms with Crippen LogP contribution in [0.2, 0.25) is 0 Å². The number of rotatable bonds is 13. The number of carbonyl (C=O) groups excluding carboxylic acids is 2. The highest BCUT2D eigenvalue weighted by Crippen LogP contribution is 2.29. The van der Waals surface area contributed by atoms with Gasteiger partial charge in [-0.3, -0.25) is 19.5 Å². The van der Waals surface area contributed by atoms with Gasteiger partial charge >= 0.3 is 0 Å². The van der Waals surface area contributed by atoms with E-state index in [9.17, 15) is 18.0 Å². The fourth-order valence-corrected chi connectivity index (χ4v) is 8.10. The van der Waals surface area contributed by atoms with E-state index in [0.717, 1.165) is 21.9 Å². The first-order chi connectivity index (χ1) is 21.8. The first-order valence-corrected chi connectivity index (χ1v) is 18.0. The van der Waals surface area contributed by atoms with Crippen molar-refractivity contribution in [3.05, 3.63) is 59.9 Å². The lowest BCUT2D eigenvalue weighted by Crippen LogP contribution is -2.40. The average molecular weight is 691 g/mol. The molecule has 1 aliphatic rings. The van der Waals surface area contributed by atoms with Crippen LogP contribution < -0.4 is 15.4 Å². The third kappa shape index (κ3) is 8.00. The zero-order chi connectivity index (χ0) is 31.8. The number of anilines is 1. The van der Waals surface area contributed by atoms with Crippen LogP contribution in [-0.2, 0) is 26.1 Å². The number of hydrogen-bond acceptors (Lipinski definition) is 13. The van der Waals surface area contributed by atoms with Gasteiger partial charge in [0.25, 0.3) is 5.91 Å². The van der Waals surface area contributed by atoms with E-state index >= 15 is 0 Å². The van der Waals surface area contributed by atoms with Gasteiger partial charge in [-0.25, -0.2) is 8.42 Å². The van der Waals surface area contributed by atoms with E-state index < -0.39 is 15.9 Å². The van der Waals surface area contributed by atoms with Crippen molar-refractivity contribution in [2.75, 3.05) is 50.2 Å². The molecule has 5 rings (SSSR count). The highest BCUT2D eigenvalue weighted by molar-refractivity contribution is 8.01. The second-order valence-corrected chi connectivity index (χ2v) is 14.6. The molecule has 2 aromatic carbocycles. The third-order valence-corrected chi connectivity index (χ3v) is 11.1. The number of aromatic nitrogens is 5. The molecule has 4 aromatic rings. The van der Waals surface area contributed by atoms with Gasteiger partial charge in [0.2, 0.25) is 21.1 Å². The number of nitrogens with zero attached hydrogens (tertiary/aromatic N) is 6. The number of para-hydroxylation sites is 2. The molecule has 1 fully saturated rings. The highest BCUT2D eigenvalue weighted by atomic mass is 32.2. The van der Waals surface area contributed by atoms with E-state index in [1.807, 2.05) is 25.1 Å². The number of carbonyl (C=O) groups is 2. The molecule has 0 atom stereocenters. The summed E-state index contributed by atoms with van der Waals surface area (Å²) >= 11 is 4.02. The lowest BCUT2D eigenvalue weighted by Gasteiger charge is -2.26. The average Bonchev–Trinajstić information content (AvgIpc) is 3.69. The van der Waals surface area contributed by atoms with Gasteiger partial charge in [-0.2, -0.15) is 4.31 Å². The van der Waals surface area contributed by atoms with Crippen molar-refractivity contribution in [3.8, 4) is 11.4 Å². The first kappa shape index (κ1) is 32.8. The van der Waals surface area contributed by atoms with Crippen LogP contribution in [0.25, 0.3) is 5.69 Å². The number of amides is 2. The van der Waals surface area contributed by atoms with Gasteiger partial charge in [0, 0.05) is 18.7 Å². The van der Waals surface area contributed by atoms with Crippen LogP contribution in [0.3, 0.4) is 0 Å². The smallest absolute Gasteiger partial charge is 0.251 e. The normalized spacial score (nSPS) is 13.8. The Balaban J connectivity index is 1.28. The monoisotopic (exact) mass is 690 g/mol. The Kier molecular flexibility index (Phi) is 11.1. The highest BCUT2D eigenvalue weighted by Gasteiger charge is 2.26. The summed E-state index contributed by atoms with van der Waals surface area (Å²) in [5, 5.41) is 23.0. The van der Waals surface area contributed by atoms with Crippen molar-refractivity contribution in [2.24, 2.45) is 0 Å². The van der Waals surface area contributed by atoms with Gasteiger partial charge in [0.1, 0.15) is 5.75 Å². The molecule has 2 aromatic heterocycles. The summed E-state index contributed by atoms with van der Waals surface area (Å²) in [6, 6.07) is 13.0. The molecule has 0 radical (unpaired) electrons. The summed E-state index contributed by atoms with van der Waals surface area (Å²) < 4.78 is 40.5. The van der Waals surface area contributed by atoms with Crippen molar-refractivity contribution in [2.45, 2.75) is 27.9 Å². The van der Waals surface area contributed by atoms with E-state index in [4.69, 9.17) is 9.47 Å². The van der Waals surface area contributed by atoms with Crippen molar-refractivity contribution < 1.29 is 27.5 Å². The summed E-state index contributed by atoms with van der Waals surface area (Å²) in [6.45, 7) is 3.26. The Morgan fingerprint density at radius 2 is 1.78 bits per heavy atom. The number of hydrogen-bond donors (Lipinski definition) is 2. The molecule has 1 saturated heterocycles. The van der Waals surface area contributed by atoms with E-state index in [0.29, 0.717) is 40.8 Å². The topological polar surface area (TPSA) is 171 Å². The summed E-state index contributed by atoms with van der Waals surface area (Å²) in [5.74, 6) is 1.11. The van der Waals surface area contributed by atoms with Gasteiger partial charge in [-0.15, -0.1) is 20.4 Å². The molecule has 238 valence electrons. The standard InChI is InChI=1S/C27H30N8O6S4/c1-3-42-27-33-31-25(44-27)29-23(36)17-43-26-32-30-22(35(26)20-6-4-5-7-21(20)40-2)16-28-24(37)18-8-10-19(11-9-18)45(38,39)34-12-14-41-15-13-34/h4-11H,3,12-17H2,1-2H3,(H,28,37)(H,29,31,36). The van der Waals surface area contributed by atoms with Crippen molar-refractivity contribution >= 4 is 61.8 Å². The fourth-order valence-electron chi connectivity index (χ4n) is 4.27. The predicted molar refractivity (Wildman–Crippen MR) is 171 cm³/mol. The van der Waals surface area contributed by atoms with Crippen LogP contribution in [-0.4, -0.2) is 94.4 Å². The number of ether oxygens (including phenoxy) is 2. The molecule has 2 N–H and O–H groups in total. The minimum absolute atomic E-state index is 0.00682. The molecular formula is C27H30N8O6S4. The Bertz CT molecular complexity index is 1740. The third-order valence-electron chi connectivity index (χ3n) is 6.41. The molecule has 0 saturated carbocycles. The maximum absolute atomic E-state index is 13.1. The van der Waals surface area contributed by atoms with E-state index in [1.54, 1.807) is 29.5 Å². The lowest BCUT2D eigenvalue weighted by atomic mass is 10.2. The summed E-state index contributed by atoms with van der Waals surface area (Å²) in [7, 11) is -2.14. The maximum atomic E-state index is 13.1. The number of benzene rings is 2. The number of methoxy groups -OCH3 is 1. The van der Waals surface area contributed by atoms with Gasteiger partial charge in [0.15, 0.2) is 15.3 Å². The van der Waals surface area contributed by atoms with Crippen LogP contribution in [0.5, 0.6) is 5.75 Å². The zero-order valence-corrected chi connectivity index (χ0v) is 27.6. The van der Waals surface area contributed by atoms with Gasteiger partial charge in [-0.1, -0.05) is 53.9 Å². The molecule has 14 nitrogen and oxygen atoms in total. The molecule has 1 aliphatic heterocycles. The number of sulfonamides is 1. The first-order valence-electron chi connectivity index (χ1n) is 13.7. The number of morpholine rings is 1. The second-order valence-electron chi connectivity index (χ2n) is 9.27. The molecule has 0 bridgehead atoms. The molecule has 18 heteroatoms. The van der Waals surface area contributed by atoms with Crippen LogP contribution in [0.15, 0.2) is 62.9 Å². The van der Waals surface area contributed by atoms with Crippen LogP contribution in [0.4, 0.5) is 5.13 Å². The largest absolute Gasteiger partial charge is 0.495 e. The zero-order valence-electron chi connectivity index (χ0n) is 24.3. The van der Waals surface area contributed by atoms with Crippen LogP contribution in [0.1, 0.15) is 23.1 Å². The molecule has 0 unspecified atom stereocenters. The second kappa shape index (κ2) is 15.2. The summed E-state index contributed by atoms with van der Waals surface area (Å²) in [5.41, 5.74) is 0.905. The Hall–Kier alpha value is -3.55.